The molecule has 21 heavy (non-hydrogen) atoms. The van der Waals surface area contributed by atoms with Gasteiger partial charge in [0.05, 0.1) is 11.9 Å². The lowest BCUT2D eigenvalue weighted by atomic mass is 9.92. The number of hydrogen-bond acceptors (Lipinski definition) is 2. The molecule has 0 radical (unpaired) electrons. The van der Waals surface area contributed by atoms with Gasteiger partial charge >= 0.3 is 0 Å². The lowest BCUT2D eigenvalue weighted by Gasteiger charge is -2.14. The minimum Gasteiger partial charge on any atom is -0.249 e. The minimum atomic E-state index is 0.789. The third-order valence-corrected chi connectivity index (χ3v) is 4.58. The first-order valence-corrected chi connectivity index (χ1v) is 8.88. The minimum absolute atomic E-state index is 0.789. The van der Waals surface area contributed by atoms with Crippen molar-refractivity contribution in [3.8, 4) is 0 Å². The van der Waals surface area contributed by atoms with E-state index in [-0.39, 0.29) is 0 Å². The van der Waals surface area contributed by atoms with Crippen molar-refractivity contribution in [3.05, 3.63) is 11.9 Å². The Hall–Kier alpha value is -0.860. The summed E-state index contributed by atoms with van der Waals surface area (Å²) in [6, 6.07) is 0. The third-order valence-electron chi connectivity index (χ3n) is 4.58. The Morgan fingerprint density at radius 2 is 1.71 bits per heavy atom. The lowest BCUT2D eigenvalue weighted by molar-refractivity contribution is 0.371. The Labute approximate surface area is 131 Å². The maximum absolute atomic E-state index is 4.24. The molecule has 1 aromatic rings. The fourth-order valence-corrected chi connectivity index (χ4v) is 2.59. The van der Waals surface area contributed by atoms with Gasteiger partial charge in [-0.25, -0.2) is 4.68 Å². The first-order valence-electron chi connectivity index (χ1n) is 8.88. The van der Waals surface area contributed by atoms with Gasteiger partial charge in [-0.1, -0.05) is 65.5 Å². The predicted molar refractivity (Wildman–Crippen MR) is 90.3 cm³/mol. The smallest absolute Gasteiger partial charge is 0.0725 e. The molecule has 0 aliphatic carbocycles. The highest BCUT2D eigenvalue weighted by molar-refractivity contribution is 4.93. The van der Waals surface area contributed by atoms with E-state index in [1.165, 1.54) is 44.2 Å². The van der Waals surface area contributed by atoms with Gasteiger partial charge in [0.1, 0.15) is 0 Å². The summed E-state index contributed by atoms with van der Waals surface area (Å²) < 4.78 is 2.12. The molecule has 3 heteroatoms. The Morgan fingerprint density at radius 3 is 2.38 bits per heavy atom. The highest BCUT2D eigenvalue weighted by Gasteiger charge is 2.07. The monoisotopic (exact) mass is 293 g/mol. The van der Waals surface area contributed by atoms with Crippen LogP contribution in [0.1, 0.15) is 78.8 Å². The van der Waals surface area contributed by atoms with E-state index in [9.17, 15) is 0 Å². The van der Waals surface area contributed by atoms with E-state index in [0.717, 1.165) is 30.7 Å². The van der Waals surface area contributed by atoms with Crippen molar-refractivity contribution in [2.24, 2.45) is 17.8 Å². The van der Waals surface area contributed by atoms with Crippen LogP contribution in [0.2, 0.25) is 0 Å². The molecule has 1 unspecified atom stereocenters. The molecular formula is C18H35N3. The van der Waals surface area contributed by atoms with E-state index in [0.29, 0.717) is 0 Å². The third kappa shape index (κ3) is 7.63. The molecule has 1 atom stereocenters. The predicted octanol–water partition coefficient (Wildman–Crippen LogP) is 5.11. The van der Waals surface area contributed by atoms with Crippen molar-refractivity contribution >= 4 is 0 Å². The number of unbranched alkanes of at least 4 members (excludes halogenated alkanes) is 2. The standard InChI is InChI=1S/C18H35N3/c1-15(2)10-9-12-18-14-19-20-21(18)13-8-6-7-11-17(5)16(3)4/h14-17H,6-13H2,1-5H3. The number of aromatic nitrogens is 3. The van der Waals surface area contributed by atoms with E-state index in [1.807, 2.05) is 6.20 Å². The fourth-order valence-electron chi connectivity index (χ4n) is 2.59. The Balaban J connectivity index is 2.19. The van der Waals surface area contributed by atoms with E-state index >= 15 is 0 Å². The second-order valence-corrected chi connectivity index (χ2v) is 7.31. The van der Waals surface area contributed by atoms with Crippen LogP contribution in [0.15, 0.2) is 6.20 Å². The molecule has 122 valence electrons. The molecule has 0 saturated carbocycles. The van der Waals surface area contributed by atoms with Crippen molar-refractivity contribution in [1.29, 1.82) is 0 Å². The van der Waals surface area contributed by atoms with E-state index in [2.05, 4.69) is 49.6 Å². The summed E-state index contributed by atoms with van der Waals surface area (Å²) in [6.07, 6.45) is 10.8. The van der Waals surface area contributed by atoms with Crippen molar-refractivity contribution in [2.45, 2.75) is 86.1 Å². The molecule has 0 aliphatic rings. The number of aryl methyl sites for hydroxylation is 2. The Bertz CT molecular complexity index is 368. The molecule has 0 amide bonds. The Morgan fingerprint density at radius 1 is 0.952 bits per heavy atom. The van der Waals surface area contributed by atoms with Crippen LogP contribution in [0.4, 0.5) is 0 Å². The number of rotatable bonds is 11. The van der Waals surface area contributed by atoms with Crippen molar-refractivity contribution in [1.82, 2.24) is 15.0 Å². The largest absolute Gasteiger partial charge is 0.249 e. The van der Waals surface area contributed by atoms with E-state index in [1.54, 1.807) is 0 Å². The first kappa shape index (κ1) is 18.2. The molecule has 0 fully saturated rings. The van der Waals surface area contributed by atoms with Gasteiger partial charge in [0.25, 0.3) is 0 Å². The summed E-state index contributed by atoms with van der Waals surface area (Å²) >= 11 is 0. The van der Waals surface area contributed by atoms with Gasteiger partial charge < -0.3 is 0 Å². The SMILES string of the molecule is CC(C)CCCc1cnnn1CCCCCC(C)C(C)C. The molecule has 0 aliphatic heterocycles. The molecule has 0 spiro atoms. The van der Waals surface area contributed by atoms with E-state index < -0.39 is 0 Å². The summed E-state index contributed by atoms with van der Waals surface area (Å²) in [5, 5.41) is 8.32. The zero-order chi connectivity index (χ0) is 15.7. The zero-order valence-electron chi connectivity index (χ0n) is 14.8. The summed E-state index contributed by atoms with van der Waals surface area (Å²) in [5.74, 6) is 2.45. The molecular weight excluding hydrogens is 258 g/mol. The van der Waals surface area contributed by atoms with Gasteiger partial charge in [-0.05, 0) is 37.0 Å². The fraction of sp³-hybridized carbons (Fsp3) is 0.889. The van der Waals surface area contributed by atoms with Gasteiger partial charge in [0.15, 0.2) is 0 Å². The van der Waals surface area contributed by atoms with Crippen LogP contribution < -0.4 is 0 Å². The van der Waals surface area contributed by atoms with Crippen molar-refractivity contribution in [3.63, 3.8) is 0 Å². The molecule has 1 heterocycles. The van der Waals surface area contributed by atoms with Crippen LogP contribution in [0.3, 0.4) is 0 Å². The van der Waals surface area contributed by atoms with E-state index in [4.69, 9.17) is 0 Å². The van der Waals surface area contributed by atoms with Crippen LogP contribution >= 0.6 is 0 Å². The maximum atomic E-state index is 4.24. The molecule has 1 rings (SSSR count). The lowest BCUT2D eigenvalue weighted by Crippen LogP contribution is -2.07. The van der Waals surface area contributed by atoms with Gasteiger partial charge in [0.2, 0.25) is 0 Å². The number of nitrogens with zero attached hydrogens (tertiary/aromatic N) is 3. The highest BCUT2D eigenvalue weighted by Crippen LogP contribution is 2.18. The first-order chi connectivity index (χ1) is 10.0. The summed E-state index contributed by atoms with van der Waals surface area (Å²) in [5.41, 5.74) is 1.31. The summed E-state index contributed by atoms with van der Waals surface area (Å²) in [6.45, 7) is 12.6. The topological polar surface area (TPSA) is 30.7 Å². The summed E-state index contributed by atoms with van der Waals surface area (Å²) in [4.78, 5) is 0. The molecule has 0 saturated heterocycles. The molecule has 1 aromatic heterocycles. The average molecular weight is 293 g/mol. The van der Waals surface area contributed by atoms with Gasteiger partial charge in [0, 0.05) is 6.54 Å². The summed E-state index contributed by atoms with van der Waals surface area (Å²) in [7, 11) is 0. The number of hydrogen-bond donors (Lipinski definition) is 0. The Kier molecular flexibility index (Phi) is 8.63. The molecule has 0 aromatic carbocycles. The van der Waals surface area contributed by atoms with Crippen LogP contribution in [-0.2, 0) is 13.0 Å². The molecule has 3 nitrogen and oxygen atoms in total. The van der Waals surface area contributed by atoms with Crippen LogP contribution in [0, 0.1) is 17.8 Å². The van der Waals surface area contributed by atoms with Crippen molar-refractivity contribution in [2.75, 3.05) is 0 Å². The molecule has 0 bridgehead atoms. The second-order valence-electron chi connectivity index (χ2n) is 7.31. The maximum Gasteiger partial charge on any atom is 0.0725 e. The normalized spacial score (nSPS) is 13.3. The zero-order valence-corrected chi connectivity index (χ0v) is 14.8. The molecule has 0 N–H and O–H groups in total. The van der Waals surface area contributed by atoms with Gasteiger partial charge in [-0.2, -0.15) is 0 Å². The average Bonchev–Trinajstić information content (AvgIpc) is 2.85. The van der Waals surface area contributed by atoms with Crippen LogP contribution in [0.25, 0.3) is 0 Å². The second kappa shape index (κ2) is 9.97. The van der Waals surface area contributed by atoms with Crippen LogP contribution in [-0.4, -0.2) is 15.0 Å². The quantitative estimate of drug-likeness (QED) is 0.531. The van der Waals surface area contributed by atoms with Gasteiger partial charge in [-0.3, -0.25) is 0 Å². The van der Waals surface area contributed by atoms with Crippen LogP contribution in [0.5, 0.6) is 0 Å². The highest BCUT2D eigenvalue weighted by atomic mass is 15.4. The van der Waals surface area contributed by atoms with Crippen molar-refractivity contribution < 1.29 is 0 Å². The van der Waals surface area contributed by atoms with Gasteiger partial charge in [-0.15, -0.1) is 5.10 Å².